The third-order valence-corrected chi connectivity index (χ3v) is 7.67. The van der Waals surface area contributed by atoms with Crippen molar-refractivity contribution in [3.05, 3.63) is 82.6 Å². The van der Waals surface area contributed by atoms with Gasteiger partial charge >= 0.3 is 0 Å². The molecule has 1 fully saturated rings. The van der Waals surface area contributed by atoms with Crippen molar-refractivity contribution in [1.29, 1.82) is 0 Å². The molecule has 0 bridgehead atoms. The highest BCUT2D eigenvalue weighted by Gasteiger charge is 2.35. The Kier molecular flexibility index (Phi) is 6.88. The number of fused-ring (bicyclic) bond motifs is 2. The fourth-order valence-corrected chi connectivity index (χ4v) is 5.44. The highest BCUT2D eigenvalue weighted by Crippen LogP contribution is 2.40. The van der Waals surface area contributed by atoms with E-state index in [0.717, 1.165) is 54.4 Å². The molecule has 2 aliphatic heterocycles. The van der Waals surface area contributed by atoms with Crippen molar-refractivity contribution in [3.8, 4) is 0 Å². The van der Waals surface area contributed by atoms with Gasteiger partial charge in [-0.3, -0.25) is 14.7 Å². The van der Waals surface area contributed by atoms with E-state index in [2.05, 4.69) is 26.2 Å². The van der Waals surface area contributed by atoms with Crippen molar-refractivity contribution >= 4 is 34.6 Å². The van der Waals surface area contributed by atoms with Crippen molar-refractivity contribution < 1.29 is 9.90 Å². The van der Waals surface area contributed by atoms with E-state index in [1.165, 1.54) is 0 Å². The van der Waals surface area contributed by atoms with Gasteiger partial charge in [-0.1, -0.05) is 50.6 Å². The van der Waals surface area contributed by atoms with Gasteiger partial charge in [-0.05, 0) is 35.9 Å². The Morgan fingerprint density at radius 3 is 2.46 bits per heavy atom. The number of amides is 1. The van der Waals surface area contributed by atoms with E-state index >= 15 is 0 Å². The van der Waals surface area contributed by atoms with Crippen molar-refractivity contribution in [2.45, 2.75) is 33.0 Å². The van der Waals surface area contributed by atoms with Gasteiger partial charge in [-0.15, -0.1) is 0 Å². The molecule has 5 rings (SSSR count). The zero-order valence-electron chi connectivity index (χ0n) is 21.8. The number of rotatable bonds is 4. The van der Waals surface area contributed by atoms with Gasteiger partial charge in [0.25, 0.3) is 5.91 Å². The first kappa shape index (κ1) is 25.5. The predicted molar refractivity (Wildman–Crippen MR) is 150 cm³/mol. The summed E-state index contributed by atoms with van der Waals surface area (Å²) in [6.07, 6.45) is 2.86. The van der Waals surface area contributed by atoms with Gasteiger partial charge in [0, 0.05) is 73.5 Å². The molecule has 2 aliphatic rings. The van der Waals surface area contributed by atoms with Gasteiger partial charge in [0.2, 0.25) is 0 Å². The van der Waals surface area contributed by atoms with Crippen LogP contribution in [0.3, 0.4) is 0 Å². The van der Waals surface area contributed by atoms with E-state index in [1.807, 2.05) is 76.5 Å². The maximum atomic E-state index is 13.3. The number of para-hydroxylation sites is 1. The van der Waals surface area contributed by atoms with Crippen LogP contribution in [0.2, 0.25) is 5.02 Å². The topological polar surface area (TPSA) is 71.9 Å². The van der Waals surface area contributed by atoms with Crippen molar-refractivity contribution in [3.63, 3.8) is 0 Å². The second-order valence-electron chi connectivity index (χ2n) is 10.9. The number of pyridine rings is 1. The van der Waals surface area contributed by atoms with Crippen LogP contribution in [0.1, 0.15) is 48.3 Å². The van der Waals surface area contributed by atoms with E-state index < -0.39 is 6.23 Å². The lowest BCUT2D eigenvalue weighted by Gasteiger charge is -2.41. The minimum absolute atomic E-state index is 0.0111. The molecular formula is C29H34ClN5O2. The number of piperazine rings is 1. The first-order valence-corrected chi connectivity index (χ1v) is 13.1. The van der Waals surface area contributed by atoms with E-state index in [-0.39, 0.29) is 17.4 Å². The fraction of sp³-hybridized carbons (Fsp3) is 0.379. The Bertz CT molecular complexity index is 1300. The maximum absolute atomic E-state index is 13.3. The average molecular weight is 520 g/mol. The summed E-state index contributed by atoms with van der Waals surface area (Å²) in [7, 11) is 1.84. The lowest BCUT2D eigenvalue weighted by molar-refractivity contribution is 0.0880. The maximum Gasteiger partial charge on any atom is 0.258 e. The fourth-order valence-electron chi connectivity index (χ4n) is 5.14. The quantitative estimate of drug-likeness (QED) is 0.472. The molecule has 0 spiro atoms. The number of benzene rings is 2. The predicted octanol–water partition coefficient (Wildman–Crippen LogP) is 5.01. The summed E-state index contributed by atoms with van der Waals surface area (Å²) >= 11 is 6.70. The zero-order valence-corrected chi connectivity index (χ0v) is 22.5. The highest BCUT2D eigenvalue weighted by molar-refractivity contribution is 6.33. The monoisotopic (exact) mass is 519 g/mol. The van der Waals surface area contributed by atoms with Gasteiger partial charge in [0.1, 0.15) is 6.23 Å². The number of hydrogen-bond acceptors (Lipinski definition) is 6. The molecule has 2 aromatic carbocycles. The molecule has 37 heavy (non-hydrogen) atoms. The van der Waals surface area contributed by atoms with Gasteiger partial charge < -0.3 is 20.2 Å². The molecule has 194 valence electrons. The summed E-state index contributed by atoms with van der Waals surface area (Å²) in [6, 6.07) is 15.8. The lowest BCUT2D eigenvalue weighted by Crippen LogP contribution is -2.48. The van der Waals surface area contributed by atoms with Crippen LogP contribution in [-0.2, 0) is 0 Å². The molecule has 1 saturated heterocycles. The van der Waals surface area contributed by atoms with Crippen LogP contribution in [0.5, 0.6) is 0 Å². The Hall–Kier alpha value is -3.13. The smallest absolute Gasteiger partial charge is 0.258 e. The van der Waals surface area contributed by atoms with E-state index in [1.54, 1.807) is 11.1 Å². The van der Waals surface area contributed by atoms with E-state index in [9.17, 15) is 9.90 Å². The summed E-state index contributed by atoms with van der Waals surface area (Å²) in [5.74, 6) is -0.0111. The summed E-state index contributed by atoms with van der Waals surface area (Å²) in [4.78, 5) is 24.2. The molecule has 0 aliphatic carbocycles. The van der Waals surface area contributed by atoms with Crippen molar-refractivity contribution in [1.82, 2.24) is 9.88 Å². The number of aliphatic hydroxyl groups excluding tert-OH is 1. The van der Waals surface area contributed by atoms with Crippen LogP contribution < -0.4 is 15.1 Å². The molecule has 1 aromatic heterocycles. The molecule has 1 amide bonds. The number of aliphatic hydroxyl groups is 1. The number of hydrogen-bond donors (Lipinski definition) is 2. The van der Waals surface area contributed by atoms with Crippen LogP contribution in [0.25, 0.3) is 0 Å². The van der Waals surface area contributed by atoms with E-state index in [4.69, 9.17) is 11.6 Å². The molecule has 3 heterocycles. The molecule has 2 unspecified atom stereocenters. The Labute approximate surface area is 223 Å². The molecular weight excluding hydrogens is 486 g/mol. The van der Waals surface area contributed by atoms with Crippen LogP contribution in [0.4, 0.5) is 17.1 Å². The molecule has 7 nitrogen and oxygen atoms in total. The summed E-state index contributed by atoms with van der Waals surface area (Å²) in [6.45, 7) is 9.17. The Balaban J connectivity index is 1.38. The Morgan fingerprint density at radius 2 is 1.76 bits per heavy atom. The number of halogens is 1. The first-order valence-electron chi connectivity index (χ1n) is 12.7. The number of anilines is 3. The second-order valence-corrected chi connectivity index (χ2v) is 11.3. The van der Waals surface area contributed by atoms with Crippen molar-refractivity contribution in [2.75, 3.05) is 48.3 Å². The normalized spacial score (nSPS) is 19.2. The summed E-state index contributed by atoms with van der Waals surface area (Å²) in [5.41, 5.74) is 5.18. The van der Waals surface area contributed by atoms with E-state index in [0.29, 0.717) is 10.6 Å². The molecule has 2 atom stereocenters. The first-order chi connectivity index (χ1) is 17.6. The standard InChI is InChI=1S/C29H34ClN5O2/c1-29(2,3)28(37)32-19-9-10-25(23(30)17-19)34-13-15-35(16-14-34)26-21-7-5-6-8-24(21)33(4)27(36)20-11-12-31-18-22(20)26/h5-12,17-18,26,28,32,37H,13-16H2,1-4H3. The average Bonchev–Trinajstić information content (AvgIpc) is 2.97. The third kappa shape index (κ3) is 4.91. The van der Waals surface area contributed by atoms with Crippen LogP contribution in [0, 0.1) is 5.41 Å². The largest absolute Gasteiger partial charge is 0.373 e. The number of nitrogens with one attached hydrogen (secondary N) is 1. The number of nitrogens with zero attached hydrogens (tertiary/aromatic N) is 4. The zero-order chi connectivity index (χ0) is 26.3. The highest BCUT2D eigenvalue weighted by atomic mass is 35.5. The lowest BCUT2D eigenvalue weighted by atomic mass is 9.94. The van der Waals surface area contributed by atoms with Gasteiger partial charge in [0.05, 0.1) is 16.8 Å². The van der Waals surface area contributed by atoms with Gasteiger partial charge in [-0.25, -0.2) is 0 Å². The Morgan fingerprint density at radius 1 is 1.03 bits per heavy atom. The molecule has 0 saturated carbocycles. The third-order valence-electron chi connectivity index (χ3n) is 7.37. The SMILES string of the molecule is CN1C(=O)c2ccncc2C(N2CCN(c3ccc(NC(O)C(C)(C)C)cc3Cl)CC2)c2ccccc21. The molecule has 2 N–H and O–H groups in total. The van der Waals surface area contributed by atoms with Gasteiger partial charge in [-0.2, -0.15) is 0 Å². The van der Waals surface area contributed by atoms with Crippen LogP contribution >= 0.6 is 11.6 Å². The van der Waals surface area contributed by atoms with Crippen LogP contribution in [-0.4, -0.2) is 60.4 Å². The van der Waals surface area contributed by atoms with Crippen LogP contribution in [0.15, 0.2) is 60.9 Å². The number of carbonyl (C=O) groups excluding carboxylic acids is 1. The van der Waals surface area contributed by atoms with Crippen molar-refractivity contribution in [2.24, 2.45) is 5.41 Å². The molecule has 3 aromatic rings. The molecule has 8 heteroatoms. The number of aromatic nitrogens is 1. The summed E-state index contributed by atoms with van der Waals surface area (Å²) in [5, 5.41) is 14.2. The molecule has 0 radical (unpaired) electrons. The number of carbonyl (C=O) groups is 1. The summed E-state index contributed by atoms with van der Waals surface area (Å²) < 4.78 is 0. The minimum Gasteiger partial charge on any atom is -0.373 e. The van der Waals surface area contributed by atoms with Gasteiger partial charge in [0.15, 0.2) is 0 Å². The minimum atomic E-state index is -0.677. The second kappa shape index (κ2) is 9.97.